The van der Waals surface area contributed by atoms with Crippen LogP contribution in [0.2, 0.25) is 0 Å². The third kappa shape index (κ3) is 6.19. The molecule has 1 aliphatic heterocycles. The molecule has 10 nitrogen and oxygen atoms in total. The Bertz CT molecular complexity index is 1410. The van der Waals surface area contributed by atoms with Gasteiger partial charge in [0.2, 0.25) is 11.7 Å². The SMILES string of the molecule is CCCCOc1c(C(=O)NCc2ccc(F)cc2)nc2c(N3CCN(CC)CC3=O)cc(N(C)C)cn2c1=O. The number of hydrogen-bond donors (Lipinski definition) is 1. The van der Waals surface area contributed by atoms with Crippen molar-refractivity contribution in [2.75, 3.05) is 56.7 Å². The van der Waals surface area contributed by atoms with E-state index in [0.29, 0.717) is 36.4 Å². The smallest absolute Gasteiger partial charge is 0.301 e. The van der Waals surface area contributed by atoms with E-state index in [0.717, 1.165) is 13.0 Å². The molecule has 0 spiro atoms. The number of anilines is 2. The maximum atomic E-state index is 13.8. The van der Waals surface area contributed by atoms with Crippen LogP contribution in [0.1, 0.15) is 42.7 Å². The Morgan fingerprint density at radius 2 is 1.90 bits per heavy atom. The predicted octanol–water partition coefficient (Wildman–Crippen LogP) is 2.68. The molecule has 3 aromatic rings. The van der Waals surface area contributed by atoms with Crippen molar-refractivity contribution in [1.29, 1.82) is 0 Å². The van der Waals surface area contributed by atoms with Crippen LogP contribution in [0, 0.1) is 5.82 Å². The summed E-state index contributed by atoms with van der Waals surface area (Å²) in [6, 6.07) is 7.56. The molecule has 1 aromatic carbocycles. The lowest BCUT2D eigenvalue weighted by Crippen LogP contribution is -2.50. The number of carbonyl (C=O) groups is 2. The first-order valence-electron chi connectivity index (χ1n) is 13.2. The number of rotatable bonds is 10. The molecule has 0 bridgehead atoms. The molecule has 0 saturated carbocycles. The lowest BCUT2D eigenvalue weighted by Gasteiger charge is -2.34. The Labute approximate surface area is 227 Å². The maximum Gasteiger partial charge on any atom is 0.301 e. The number of nitrogens with zero attached hydrogens (tertiary/aromatic N) is 5. The molecular weight excluding hydrogens is 503 g/mol. The van der Waals surface area contributed by atoms with Crippen molar-refractivity contribution in [2.24, 2.45) is 0 Å². The van der Waals surface area contributed by atoms with Gasteiger partial charge in [-0.3, -0.25) is 23.7 Å². The number of unbranched alkanes of at least 4 members (excludes halogenated alkanes) is 1. The zero-order valence-corrected chi connectivity index (χ0v) is 22.9. The number of likely N-dealkylation sites (N-methyl/N-ethyl adjacent to an activating group) is 1. The normalized spacial score (nSPS) is 14.1. The molecule has 208 valence electrons. The van der Waals surface area contributed by atoms with Crippen molar-refractivity contribution in [3.8, 4) is 5.75 Å². The highest BCUT2D eigenvalue weighted by Crippen LogP contribution is 2.28. The molecule has 0 unspecified atom stereocenters. The number of fused-ring (bicyclic) bond motifs is 1. The Hall–Kier alpha value is -3.99. The Morgan fingerprint density at radius 1 is 1.15 bits per heavy atom. The van der Waals surface area contributed by atoms with E-state index >= 15 is 0 Å². The number of aromatic nitrogens is 2. The summed E-state index contributed by atoms with van der Waals surface area (Å²) in [5, 5.41) is 2.76. The summed E-state index contributed by atoms with van der Waals surface area (Å²) in [5.74, 6) is -1.24. The van der Waals surface area contributed by atoms with Gasteiger partial charge in [-0.15, -0.1) is 0 Å². The van der Waals surface area contributed by atoms with Gasteiger partial charge in [-0.05, 0) is 36.7 Å². The van der Waals surface area contributed by atoms with Crippen LogP contribution in [-0.2, 0) is 11.3 Å². The minimum Gasteiger partial charge on any atom is -0.486 e. The summed E-state index contributed by atoms with van der Waals surface area (Å²) in [6.45, 7) is 6.46. The van der Waals surface area contributed by atoms with E-state index in [9.17, 15) is 18.8 Å². The lowest BCUT2D eigenvalue weighted by molar-refractivity contribution is -0.121. The molecule has 1 fully saturated rings. The molecule has 11 heteroatoms. The summed E-state index contributed by atoms with van der Waals surface area (Å²) in [4.78, 5) is 50.4. The summed E-state index contributed by atoms with van der Waals surface area (Å²) in [5.41, 5.74) is 1.33. The lowest BCUT2D eigenvalue weighted by atomic mass is 10.2. The second-order valence-corrected chi connectivity index (χ2v) is 9.69. The number of carbonyl (C=O) groups excluding carboxylic acids is 2. The first-order valence-corrected chi connectivity index (χ1v) is 13.2. The third-order valence-corrected chi connectivity index (χ3v) is 6.73. The minimum absolute atomic E-state index is 0.110. The van der Waals surface area contributed by atoms with Gasteiger partial charge >= 0.3 is 5.56 Å². The number of ether oxygens (including phenoxy) is 1. The van der Waals surface area contributed by atoms with Crippen LogP contribution in [0.25, 0.3) is 5.65 Å². The number of pyridine rings is 1. The summed E-state index contributed by atoms with van der Waals surface area (Å²) >= 11 is 0. The first-order chi connectivity index (χ1) is 18.7. The van der Waals surface area contributed by atoms with Crippen LogP contribution in [-0.4, -0.2) is 73.0 Å². The van der Waals surface area contributed by atoms with Gasteiger partial charge in [-0.2, -0.15) is 0 Å². The fraction of sp³-hybridized carbons (Fsp3) is 0.429. The van der Waals surface area contributed by atoms with Gasteiger partial charge in [0.1, 0.15) is 5.82 Å². The highest BCUT2D eigenvalue weighted by molar-refractivity contribution is 6.00. The van der Waals surface area contributed by atoms with Crippen LogP contribution in [0.4, 0.5) is 15.8 Å². The van der Waals surface area contributed by atoms with Crippen molar-refractivity contribution in [1.82, 2.24) is 19.6 Å². The van der Waals surface area contributed by atoms with E-state index in [1.165, 1.54) is 16.5 Å². The van der Waals surface area contributed by atoms with Crippen molar-refractivity contribution in [3.63, 3.8) is 0 Å². The number of piperazine rings is 1. The van der Waals surface area contributed by atoms with E-state index in [2.05, 4.69) is 10.3 Å². The third-order valence-electron chi connectivity index (χ3n) is 6.73. The maximum absolute atomic E-state index is 13.8. The number of benzene rings is 1. The zero-order valence-electron chi connectivity index (χ0n) is 22.9. The van der Waals surface area contributed by atoms with Crippen molar-refractivity contribution in [2.45, 2.75) is 33.2 Å². The molecule has 1 saturated heterocycles. The van der Waals surface area contributed by atoms with E-state index in [1.54, 1.807) is 29.3 Å². The van der Waals surface area contributed by atoms with Crippen LogP contribution in [0.5, 0.6) is 5.75 Å². The Kier molecular flexibility index (Phi) is 8.80. The largest absolute Gasteiger partial charge is 0.486 e. The van der Waals surface area contributed by atoms with E-state index in [1.807, 2.05) is 37.7 Å². The molecule has 2 aromatic heterocycles. The molecular formula is C28H35FN6O4. The highest BCUT2D eigenvalue weighted by Gasteiger charge is 2.29. The molecule has 1 N–H and O–H groups in total. The number of amides is 2. The van der Waals surface area contributed by atoms with Crippen molar-refractivity contribution < 1.29 is 18.7 Å². The fourth-order valence-electron chi connectivity index (χ4n) is 4.35. The quantitative estimate of drug-likeness (QED) is 0.396. The summed E-state index contributed by atoms with van der Waals surface area (Å²) in [6.07, 6.45) is 3.17. The molecule has 0 radical (unpaired) electrons. The number of nitrogens with one attached hydrogen (secondary N) is 1. The molecule has 4 rings (SSSR count). The molecule has 2 amide bonds. The Morgan fingerprint density at radius 3 is 2.54 bits per heavy atom. The van der Waals surface area contributed by atoms with E-state index in [-0.39, 0.29) is 48.5 Å². The highest BCUT2D eigenvalue weighted by atomic mass is 19.1. The molecule has 3 heterocycles. The Balaban J connectivity index is 1.82. The zero-order chi connectivity index (χ0) is 28.1. The van der Waals surface area contributed by atoms with Gasteiger partial charge in [0, 0.05) is 39.9 Å². The van der Waals surface area contributed by atoms with Crippen molar-refractivity contribution >= 4 is 28.8 Å². The number of halogens is 1. The minimum atomic E-state index is -0.602. The van der Waals surface area contributed by atoms with Crippen LogP contribution in [0.3, 0.4) is 0 Å². The second kappa shape index (κ2) is 12.2. The molecule has 0 atom stereocenters. The van der Waals surface area contributed by atoms with E-state index < -0.39 is 11.5 Å². The van der Waals surface area contributed by atoms with Gasteiger partial charge in [-0.1, -0.05) is 32.4 Å². The monoisotopic (exact) mass is 538 g/mol. The van der Waals surface area contributed by atoms with Crippen LogP contribution >= 0.6 is 0 Å². The summed E-state index contributed by atoms with van der Waals surface area (Å²) < 4.78 is 20.5. The predicted molar refractivity (Wildman–Crippen MR) is 148 cm³/mol. The second-order valence-electron chi connectivity index (χ2n) is 9.69. The van der Waals surface area contributed by atoms with Gasteiger partial charge in [-0.25, -0.2) is 9.37 Å². The van der Waals surface area contributed by atoms with Gasteiger partial charge in [0.05, 0.1) is 24.5 Å². The standard InChI is InChI=1S/C28H35FN6O4/c1-5-7-14-39-25-24(27(37)30-16-19-8-10-20(29)11-9-19)31-26-22(34-13-12-33(6-2)18-23(34)36)15-21(32(3)4)17-35(26)28(25)38/h8-11,15,17H,5-7,12-14,16,18H2,1-4H3,(H,30,37). The molecule has 0 aliphatic carbocycles. The average Bonchev–Trinajstić information content (AvgIpc) is 2.93. The van der Waals surface area contributed by atoms with Gasteiger partial charge in [0.15, 0.2) is 11.3 Å². The van der Waals surface area contributed by atoms with Crippen LogP contribution < -0.4 is 25.4 Å². The average molecular weight is 539 g/mol. The topological polar surface area (TPSA) is 99.5 Å². The first kappa shape index (κ1) is 28.0. The fourth-order valence-corrected chi connectivity index (χ4v) is 4.35. The molecule has 39 heavy (non-hydrogen) atoms. The summed E-state index contributed by atoms with van der Waals surface area (Å²) in [7, 11) is 3.69. The molecule has 1 aliphatic rings. The van der Waals surface area contributed by atoms with Crippen LogP contribution in [0.15, 0.2) is 41.3 Å². The van der Waals surface area contributed by atoms with E-state index in [4.69, 9.17) is 4.74 Å². The van der Waals surface area contributed by atoms with Gasteiger partial charge in [0.25, 0.3) is 5.91 Å². The van der Waals surface area contributed by atoms with Gasteiger partial charge < -0.3 is 19.9 Å². The van der Waals surface area contributed by atoms with Crippen molar-refractivity contribution in [3.05, 3.63) is 64.0 Å². The number of hydrogen-bond acceptors (Lipinski definition) is 7.